The van der Waals surface area contributed by atoms with Crippen LogP contribution in [0, 0.1) is 6.92 Å². The summed E-state index contributed by atoms with van der Waals surface area (Å²) in [6, 6.07) is 21.4. The van der Waals surface area contributed by atoms with Crippen molar-refractivity contribution >= 4 is 34.6 Å². The number of carboxylic acids is 1. The third kappa shape index (κ3) is 6.27. The van der Waals surface area contributed by atoms with Gasteiger partial charge in [-0.1, -0.05) is 36.4 Å². The molecule has 7 rings (SSSR count). The fourth-order valence-corrected chi connectivity index (χ4v) is 6.27. The van der Waals surface area contributed by atoms with Crippen LogP contribution in [0.1, 0.15) is 38.7 Å². The summed E-state index contributed by atoms with van der Waals surface area (Å²) >= 11 is 5.41. The van der Waals surface area contributed by atoms with Crippen molar-refractivity contribution in [1.29, 1.82) is 0 Å². The summed E-state index contributed by atoms with van der Waals surface area (Å²) in [5, 5.41) is 43.8. The number of aromatic hydroxyl groups is 3. The van der Waals surface area contributed by atoms with Gasteiger partial charge in [0.15, 0.2) is 16.5 Å². The molecule has 0 saturated carbocycles. The van der Waals surface area contributed by atoms with Crippen molar-refractivity contribution in [2.24, 2.45) is 5.73 Å². The fourth-order valence-electron chi connectivity index (χ4n) is 6.09. The van der Waals surface area contributed by atoms with Crippen LogP contribution < -0.4 is 54.8 Å². The third-order valence-electron chi connectivity index (χ3n) is 8.38. The summed E-state index contributed by atoms with van der Waals surface area (Å²) in [6.45, 7) is 1.92. The number of thiocarbonyl (C=S) groups is 1. The molecule has 1 unspecified atom stereocenters. The van der Waals surface area contributed by atoms with Gasteiger partial charge in [-0.25, -0.2) is 4.98 Å². The van der Waals surface area contributed by atoms with Crippen LogP contribution in [0.2, 0.25) is 0 Å². The van der Waals surface area contributed by atoms with E-state index in [1.54, 1.807) is 66.2 Å². The zero-order chi connectivity index (χ0) is 34.4. The summed E-state index contributed by atoms with van der Waals surface area (Å²) in [7, 11) is 0. The van der Waals surface area contributed by atoms with Gasteiger partial charge in [-0.05, 0) is 61.1 Å². The van der Waals surface area contributed by atoms with Gasteiger partial charge >= 0.3 is 29.6 Å². The molecule has 3 heterocycles. The molecule has 0 saturated heterocycles. The number of hydrogen-bond donors (Lipinski definition) is 4. The average molecular weight is 698 g/mol. The Kier molecular flexibility index (Phi) is 9.58. The standard InChI is InChI=1S/C36H29N5O7S.Na/c1-19-34(44)41-18-27(38-17-30(41)39-19)20-6-9-22(10-7-20)47-15-14-40(36(37)49)32-28(43)13-12-26-31(23-4-2-3-5-24(23)35(45)46)25-11-8-21(42)16-29(25)48-33(26)32;/h2-13,16-18,31,42-44H,14-15H2,1H3,(H2,37,49)(H,45,46);/q;+1/p-1. The molecule has 1 atom stereocenters. The summed E-state index contributed by atoms with van der Waals surface area (Å²) in [5.74, 6) is -1.19. The number of aromatic carboxylic acids is 1. The van der Waals surface area contributed by atoms with Gasteiger partial charge in [0.2, 0.25) is 5.88 Å². The predicted molar refractivity (Wildman–Crippen MR) is 182 cm³/mol. The number of ether oxygens (including phenoxy) is 2. The van der Waals surface area contributed by atoms with Crippen molar-refractivity contribution in [3.63, 3.8) is 0 Å². The van der Waals surface area contributed by atoms with E-state index in [2.05, 4.69) is 9.97 Å². The Morgan fingerprint density at radius 1 is 1.04 bits per heavy atom. The van der Waals surface area contributed by atoms with E-state index in [4.69, 9.17) is 27.4 Å². The molecular weight excluding hydrogens is 669 g/mol. The van der Waals surface area contributed by atoms with Gasteiger partial charge in [0.05, 0.1) is 24.4 Å². The number of carbonyl (C=O) groups excluding carboxylic acids is 1. The van der Waals surface area contributed by atoms with Gasteiger partial charge in [0.25, 0.3) is 0 Å². The molecular formula is C36H28N5NaO7S. The fraction of sp³-hybridized carbons (Fsp3) is 0.111. The largest absolute Gasteiger partial charge is 1.00 e. The summed E-state index contributed by atoms with van der Waals surface area (Å²) in [4.78, 5) is 22.3. The van der Waals surface area contributed by atoms with Crippen molar-refractivity contribution in [2.75, 3.05) is 18.1 Å². The van der Waals surface area contributed by atoms with E-state index >= 15 is 0 Å². The number of nitrogens with zero attached hydrogens (tertiary/aromatic N) is 4. The first kappa shape index (κ1) is 34.5. The Labute approximate surface area is 313 Å². The van der Waals surface area contributed by atoms with Crippen LogP contribution in [0.15, 0.2) is 91.3 Å². The van der Waals surface area contributed by atoms with E-state index < -0.39 is 11.9 Å². The molecule has 0 fully saturated rings. The molecule has 1 aliphatic rings. The van der Waals surface area contributed by atoms with Crippen molar-refractivity contribution in [3.8, 4) is 45.9 Å². The topological polar surface area (TPSA) is 179 Å². The first-order chi connectivity index (χ1) is 23.6. The Morgan fingerprint density at radius 3 is 2.52 bits per heavy atom. The number of nitrogens with two attached hydrogens (primary N) is 1. The number of phenols is 2. The van der Waals surface area contributed by atoms with Crippen LogP contribution in [0.4, 0.5) is 5.69 Å². The number of fused-ring (bicyclic) bond motifs is 3. The van der Waals surface area contributed by atoms with Gasteiger partial charge in [-0.2, -0.15) is 0 Å². The number of carbonyl (C=O) groups is 1. The van der Waals surface area contributed by atoms with Crippen molar-refractivity contribution in [1.82, 2.24) is 14.4 Å². The zero-order valence-electron chi connectivity index (χ0n) is 26.9. The smallest absolute Gasteiger partial charge is 0.545 e. The summed E-state index contributed by atoms with van der Waals surface area (Å²) in [5.41, 5.74) is 10.4. The van der Waals surface area contributed by atoms with Crippen LogP contribution in [0.5, 0.6) is 34.6 Å². The van der Waals surface area contributed by atoms with Crippen molar-refractivity contribution < 1.29 is 64.3 Å². The number of aryl methyl sites for hydroxylation is 1. The molecule has 14 heteroatoms. The number of imidazole rings is 1. The van der Waals surface area contributed by atoms with E-state index in [0.717, 1.165) is 5.56 Å². The van der Waals surface area contributed by atoms with E-state index in [0.29, 0.717) is 39.5 Å². The van der Waals surface area contributed by atoms with Gasteiger partial charge in [-0.3, -0.25) is 9.38 Å². The number of aromatic nitrogens is 3. The molecule has 0 radical (unpaired) electrons. The third-order valence-corrected chi connectivity index (χ3v) is 8.60. The first-order valence-corrected chi connectivity index (χ1v) is 15.5. The van der Waals surface area contributed by atoms with Gasteiger partial charge < -0.3 is 45.3 Å². The maximum atomic E-state index is 12.2. The number of rotatable bonds is 8. The molecule has 1 aliphatic heterocycles. The molecule has 4 aromatic carbocycles. The Bertz CT molecular complexity index is 2280. The van der Waals surface area contributed by atoms with E-state index in [-0.39, 0.29) is 88.0 Å². The molecule has 0 bridgehead atoms. The number of anilines is 1. The monoisotopic (exact) mass is 697 g/mol. The quantitative estimate of drug-likeness (QED) is 0.133. The normalized spacial score (nSPS) is 13.0. The second-order valence-corrected chi connectivity index (χ2v) is 11.8. The minimum Gasteiger partial charge on any atom is -0.545 e. The average Bonchev–Trinajstić information content (AvgIpc) is 3.38. The zero-order valence-corrected chi connectivity index (χ0v) is 29.7. The minimum atomic E-state index is -1.34. The number of phenolic OH excluding ortho intramolecular Hbond substituents is 2. The van der Waals surface area contributed by atoms with Crippen LogP contribution in [-0.4, -0.2) is 53.9 Å². The Hall–Kier alpha value is -5.34. The second kappa shape index (κ2) is 13.9. The number of benzene rings is 4. The van der Waals surface area contributed by atoms with Crippen molar-refractivity contribution in [3.05, 3.63) is 119 Å². The second-order valence-electron chi connectivity index (χ2n) is 11.4. The van der Waals surface area contributed by atoms with Crippen LogP contribution in [-0.2, 0) is 0 Å². The van der Waals surface area contributed by atoms with Gasteiger partial charge in [-0.15, -0.1) is 0 Å². The van der Waals surface area contributed by atoms with Crippen molar-refractivity contribution in [2.45, 2.75) is 12.8 Å². The number of carboxylic acid groups (broad SMARTS) is 1. The molecule has 246 valence electrons. The summed E-state index contributed by atoms with van der Waals surface area (Å²) in [6.07, 6.45) is 3.29. The Morgan fingerprint density at radius 2 is 1.78 bits per heavy atom. The predicted octanol–water partition coefficient (Wildman–Crippen LogP) is 1.60. The molecule has 0 aliphatic carbocycles. The van der Waals surface area contributed by atoms with E-state index in [1.165, 1.54) is 29.2 Å². The number of hydrogen-bond acceptors (Lipinski definition) is 10. The van der Waals surface area contributed by atoms with Crippen LogP contribution in [0.3, 0.4) is 0 Å². The van der Waals surface area contributed by atoms with E-state index in [9.17, 15) is 25.2 Å². The molecule has 5 N–H and O–H groups in total. The minimum absolute atomic E-state index is 0. The molecule has 50 heavy (non-hydrogen) atoms. The maximum absolute atomic E-state index is 12.2. The Balaban J connectivity index is 0.00000432. The van der Waals surface area contributed by atoms with Crippen LogP contribution >= 0.6 is 12.2 Å². The SMILES string of the molecule is Cc1nc2cnc(-c3ccc(OCCN(C(N)=S)c4c(O)ccc5c4Oc4cc(O)ccc4C5c4ccccc4C(=O)[O-])cc3)cn2c1O.[Na+]. The molecule has 0 amide bonds. The molecule has 0 spiro atoms. The van der Waals surface area contributed by atoms with Crippen LogP contribution in [0.25, 0.3) is 16.9 Å². The molecule has 2 aromatic heterocycles. The van der Waals surface area contributed by atoms with Gasteiger partial charge in [0, 0.05) is 40.4 Å². The van der Waals surface area contributed by atoms with Gasteiger partial charge in [0.1, 0.15) is 41.0 Å². The van der Waals surface area contributed by atoms with E-state index in [1.807, 2.05) is 12.1 Å². The maximum Gasteiger partial charge on any atom is 1.00 e. The first-order valence-electron chi connectivity index (χ1n) is 15.1. The molecule has 12 nitrogen and oxygen atoms in total. The molecule has 6 aromatic rings. The summed E-state index contributed by atoms with van der Waals surface area (Å²) < 4.78 is 13.9.